The van der Waals surface area contributed by atoms with E-state index in [9.17, 15) is 0 Å². The topological polar surface area (TPSA) is 0 Å². The molecule has 0 fully saturated rings. The lowest BCUT2D eigenvalue weighted by Crippen LogP contribution is -2.10. The first-order valence-electron chi connectivity index (χ1n) is 7.66. The van der Waals surface area contributed by atoms with E-state index in [1.807, 2.05) is 27.7 Å². The van der Waals surface area contributed by atoms with Crippen molar-refractivity contribution in [2.24, 2.45) is 5.41 Å². The van der Waals surface area contributed by atoms with Crippen LogP contribution in [0.25, 0.3) is 0 Å². The quantitative estimate of drug-likeness (QED) is 0.462. The van der Waals surface area contributed by atoms with E-state index < -0.39 is 0 Å². The predicted molar refractivity (Wildman–Crippen MR) is 98.7 cm³/mol. The molecule has 0 unspecified atom stereocenters. The van der Waals surface area contributed by atoms with Crippen molar-refractivity contribution >= 4 is 8.41 Å². The predicted octanol–water partition coefficient (Wildman–Crippen LogP) is 6.71. The van der Waals surface area contributed by atoms with Crippen molar-refractivity contribution in [1.82, 2.24) is 0 Å². The number of hydrogen-bond acceptors (Lipinski definition) is 0. The summed E-state index contributed by atoms with van der Waals surface area (Å²) in [6.07, 6.45) is 0. The molecule has 0 aliphatic rings. The van der Waals surface area contributed by atoms with Gasteiger partial charge in [0.25, 0.3) is 0 Å². The van der Waals surface area contributed by atoms with Gasteiger partial charge in [-0.25, -0.2) is 0 Å². The number of benzene rings is 1. The van der Waals surface area contributed by atoms with Crippen LogP contribution in [0.2, 0.25) is 0 Å². The zero-order valence-electron chi connectivity index (χ0n) is 16.0. The Bertz CT molecular complexity index is 256. The van der Waals surface area contributed by atoms with Crippen LogP contribution >= 0.6 is 0 Å². The minimum Gasteiger partial charge on any atom is -0.0683 e. The maximum Gasteiger partial charge on any atom is 0 e. The van der Waals surface area contributed by atoms with Gasteiger partial charge in [-0.15, -0.1) is 0 Å². The molecule has 1 rings (SSSR count). The Balaban J connectivity index is -0.000000110. The van der Waals surface area contributed by atoms with Crippen LogP contribution in [-0.2, 0) is 5.41 Å². The van der Waals surface area contributed by atoms with Crippen LogP contribution in [0.1, 0.15) is 81.7 Å². The van der Waals surface area contributed by atoms with E-state index in [0.717, 1.165) is 0 Å². The fraction of sp³-hybridized carbons (Fsp3) is 0.684. The van der Waals surface area contributed by atoms with E-state index in [1.165, 1.54) is 5.56 Å². The summed E-state index contributed by atoms with van der Waals surface area (Å²) in [6.45, 7) is 23.4. The molecule has 0 aliphatic carbocycles. The highest BCUT2D eigenvalue weighted by Crippen LogP contribution is 2.20. The Hall–Kier alpha value is -0.715. The van der Waals surface area contributed by atoms with Gasteiger partial charge in [0.2, 0.25) is 0 Å². The Morgan fingerprint density at radius 2 is 0.850 bits per heavy atom. The summed E-state index contributed by atoms with van der Waals surface area (Å²) in [7, 11) is 0. The molecule has 117 valence electrons. The van der Waals surface area contributed by atoms with E-state index in [0.29, 0.717) is 10.8 Å². The molecule has 1 aromatic rings. The first kappa shape index (κ1) is 27.6. The molecule has 1 heteroatoms. The lowest BCUT2D eigenvalue weighted by Gasteiger charge is -2.18. The Morgan fingerprint density at radius 1 is 0.600 bits per heavy atom. The van der Waals surface area contributed by atoms with Crippen LogP contribution in [0.4, 0.5) is 0 Å². The van der Waals surface area contributed by atoms with E-state index in [4.69, 9.17) is 0 Å². The van der Waals surface area contributed by atoms with E-state index in [2.05, 4.69) is 78.8 Å². The highest BCUT2D eigenvalue weighted by molar-refractivity contribution is 5.75. The van der Waals surface area contributed by atoms with Gasteiger partial charge < -0.3 is 0 Å². The molecule has 0 amide bonds. The highest BCUT2D eigenvalue weighted by atomic mass is 14.2. The van der Waals surface area contributed by atoms with Crippen molar-refractivity contribution in [3.05, 3.63) is 35.9 Å². The molecule has 0 N–H and O–H groups in total. The van der Waals surface area contributed by atoms with Crippen LogP contribution < -0.4 is 0 Å². The zero-order chi connectivity index (χ0) is 16.1. The van der Waals surface area contributed by atoms with Crippen molar-refractivity contribution in [1.29, 1.82) is 0 Å². The van der Waals surface area contributed by atoms with Gasteiger partial charge in [-0.3, -0.25) is 0 Å². The van der Waals surface area contributed by atoms with Gasteiger partial charge in [-0.2, -0.15) is 0 Å². The first-order valence-corrected chi connectivity index (χ1v) is 7.66. The molecule has 0 aliphatic heterocycles. The summed E-state index contributed by atoms with van der Waals surface area (Å²) < 4.78 is 0. The average molecular weight is 277 g/mol. The molecule has 0 saturated carbocycles. The van der Waals surface area contributed by atoms with Crippen molar-refractivity contribution in [3.8, 4) is 0 Å². The monoisotopic (exact) mass is 277 g/mol. The maximum absolute atomic E-state index is 2.22. The lowest BCUT2D eigenvalue weighted by molar-refractivity contribution is 0.469. The number of hydrogen-bond donors (Lipinski definition) is 0. The minimum atomic E-state index is 0. The van der Waals surface area contributed by atoms with Crippen LogP contribution in [-0.4, -0.2) is 8.41 Å². The minimum absolute atomic E-state index is 0. The molecule has 1 aromatic carbocycles. The molecule has 3 radical (unpaired) electrons. The molecule has 0 atom stereocenters. The van der Waals surface area contributed by atoms with Crippen molar-refractivity contribution in [3.63, 3.8) is 0 Å². The molecule has 0 bridgehead atoms. The molecular formula is C19H38B. The first-order chi connectivity index (χ1) is 8.61. The molecular weight excluding hydrogens is 239 g/mol. The van der Waals surface area contributed by atoms with Crippen LogP contribution in [0.3, 0.4) is 0 Å². The van der Waals surface area contributed by atoms with E-state index in [1.54, 1.807) is 0 Å². The summed E-state index contributed by atoms with van der Waals surface area (Å²) >= 11 is 0. The van der Waals surface area contributed by atoms with Gasteiger partial charge in [0.15, 0.2) is 0 Å². The largest absolute Gasteiger partial charge is 0.0683 e. The second-order valence-corrected chi connectivity index (χ2v) is 6.62. The lowest BCUT2D eigenvalue weighted by atomic mass is 9.87. The molecule has 20 heavy (non-hydrogen) atoms. The molecule has 0 aromatic heterocycles. The van der Waals surface area contributed by atoms with Gasteiger partial charge in [0.1, 0.15) is 0 Å². The van der Waals surface area contributed by atoms with Gasteiger partial charge in [0, 0.05) is 8.41 Å². The van der Waals surface area contributed by atoms with Crippen LogP contribution in [0.5, 0.6) is 0 Å². The average Bonchev–Trinajstić information content (AvgIpc) is 2.32. The van der Waals surface area contributed by atoms with Gasteiger partial charge >= 0.3 is 0 Å². The molecule has 0 nitrogen and oxygen atoms in total. The van der Waals surface area contributed by atoms with Gasteiger partial charge in [-0.05, 0) is 16.4 Å². The fourth-order valence-electron chi connectivity index (χ4n) is 0.938. The number of rotatable bonds is 0. The van der Waals surface area contributed by atoms with Crippen molar-refractivity contribution in [2.75, 3.05) is 0 Å². The normalized spacial score (nSPS) is 9.35. The molecule has 0 saturated heterocycles. The maximum atomic E-state index is 2.22. The van der Waals surface area contributed by atoms with Crippen LogP contribution in [0.15, 0.2) is 30.3 Å². The second kappa shape index (κ2) is 14.7. The summed E-state index contributed by atoms with van der Waals surface area (Å²) in [4.78, 5) is 0. The van der Waals surface area contributed by atoms with Crippen molar-refractivity contribution in [2.45, 2.75) is 81.6 Å². The Kier molecular flexibility index (Phi) is 20.3. The summed E-state index contributed by atoms with van der Waals surface area (Å²) in [5.41, 5.74) is 2.19. The van der Waals surface area contributed by atoms with E-state index >= 15 is 0 Å². The molecule has 0 spiro atoms. The Labute approximate surface area is 132 Å². The Morgan fingerprint density at radius 3 is 1.00 bits per heavy atom. The SMILES string of the molecule is CC.CC.CC(C)(C)C.CC(C)(C)c1ccccc1.[B]. The summed E-state index contributed by atoms with van der Waals surface area (Å²) in [5, 5.41) is 0. The molecule has 0 heterocycles. The third kappa shape index (κ3) is 26.0. The van der Waals surface area contributed by atoms with Gasteiger partial charge in [0.05, 0.1) is 0 Å². The standard InChI is InChI=1S/C10H14.C5H12.2C2H6.B/c1-10(2,3)9-7-5-4-6-8-9;1-5(2,3)4;2*1-2;/h4-8H,1-3H3;1-4H3;2*1-2H3;. The zero-order valence-corrected chi connectivity index (χ0v) is 16.0. The second-order valence-electron chi connectivity index (χ2n) is 6.62. The summed E-state index contributed by atoms with van der Waals surface area (Å²) in [6, 6.07) is 10.6. The van der Waals surface area contributed by atoms with Crippen LogP contribution in [0, 0.1) is 5.41 Å². The third-order valence-electron chi connectivity index (χ3n) is 1.64. The summed E-state index contributed by atoms with van der Waals surface area (Å²) in [5.74, 6) is 0. The fourth-order valence-corrected chi connectivity index (χ4v) is 0.938. The van der Waals surface area contributed by atoms with Gasteiger partial charge in [-0.1, -0.05) is 106 Å². The smallest absolute Gasteiger partial charge is 0 e. The van der Waals surface area contributed by atoms with Crippen molar-refractivity contribution < 1.29 is 0 Å². The third-order valence-corrected chi connectivity index (χ3v) is 1.64. The highest BCUT2D eigenvalue weighted by Gasteiger charge is 2.11. The van der Waals surface area contributed by atoms with E-state index in [-0.39, 0.29) is 8.41 Å².